The normalized spacial score (nSPS) is 17.9. The van der Waals surface area contributed by atoms with Gasteiger partial charge in [-0.3, -0.25) is 0 Å². The molecule has 122 valence electrons. The predicted octanol–water partition coefficient (Wildman–Crippen LogP) is 2.32. The predicted molar refractivity (Wildman–Crippen MR) is 81.4 cm³/mol. The Morgan fingerprint density at radius 2 is 1.95 bits per heavy atom. The van der Waals surface area contributed by atoms with Gasteiger partial charge in [0.05, 0.1) is 26.4 Å². The van der Waals surface area contributed by atoms with Crippen molar-refractivity contribution in [2.24, 2.45) is 0 Å². The highest BCUT2D eigenvalue weighted by Gasteiger charge is 2.25. The van der Waals surface area contributed by atoms with Crippen molar-refractivity contribution in [1.82, 2.24) is 4.90 Å². The number of para-hydroxylation sites is 2. The van der Waals surface area contributed by atoms with Gasteiger partial charge in [0.15, 0.2) is 11.5 Å². The molecule has 1 atom stereocenters. The van der Waals surface area contributed by atoms with Crippen LogP contribution >= 0.6 is 0 Å². The molecular formula is C16H23NO5. The maximum atomic E-state index is 11.7. The third kappa shape index (κ3) is 4.53. The van der Waals surface area contributed by atoms with Crippen molar-refractivity contribution in [1.29, 1.82) is 0 Å². The van der Waals surface area contributed by atoms with E-state index in [0.29, 0.717) is 51.0 Å². The molecule has 1 saturated heterocycles. The van der Waals surface area contributed by atoms with Crippen LogP contribution in [0.3, 0.4) is 0 Å². The van der Waals surface area contributed by atoms with Crippen LogP contribution in [0.2, 0.25) is 0 Å². The molecule has 6 heteroatoms. The number of carbonyl (C=O) groups is 1. The van der Waals surface area contributed by atoms with E-state index in [-0.39, 0.29) is 12.2 Å². The first-order valence-corrected chi connectivity index (χ1v) is 7.62. The van der Waals surface area contributed by atoms with Crippen LogP contribution in [0.25, 0.3) is 0 Å². The van der Waals surface area contributed by atoms with E-state index in [9.17, 15) is 4.79 Å². The highest BCUT2D eigenvalue weighted by molar-refractivity contribution is 5.67. The fourth-order valence-corrected chi connectivity index (χ4v) is 2.23. The van der Waals surface area contributed by atoms with Crippen molar-refractivity contribution < 1.29 is 23.7 Å². The Labute approximate surface area is 130 Å². The van der Waals surface area contributed by atoms with Gasteiger partial charge in [-0.25, -0.2) is 4.79 Å². The fraction of sp³-hybridized carbons (Fsp3) is 0.562. The van der Waals surface area contributed by atoms with Crippen LogP contribution in [0.4, 0.5) is 4.79 Å². The van der Waals surface area contributed by atoms with Crippen molar-refractivity contribution in [3.05, 3.63) is 24.3 Å². The Bertz CT molecular complexity index is 479. The molecule has 1 heterocycles. The Morgan fingerprint density at radius 1 is 1.23 bits per heavy atom. The molecule has 1 aliphatic rings. The van der Waals surface area contributed by atoms with E-state index in [4.69, 9.17) is 18.9 Å². The molecule has 0 aromatic heterocycles. The maximum Gasteiger partial charge on any atom is 0.409 e. The van der Waals surface area contributed by atoms with Crippen molar-refractivity contribution in [3.63, 3.8) is 0 Å². The molecule has 0 spiro atoms. The molecule has 1 fully saturated rings. The number of benzene rings is 1. The Hall–Kier alpha value is -1.95. The van der Waals surface area contributed by atoms with Crippen molar-refractivity contribution in [2.75, 3.05) is 39.5 Å². The van der Waals surface area contributed by atoms with E-state index in [2.05, 4.69) is 0 Å². The second-order valence-electron chi connectivity index (χ2n) is 4.83. The summed E-state index contributed by atoms with van der Waals surface area (Å²) < 4.78 is 22.0. The molecule has 0 bridgehead atoms. The smallest absolute Gasteiger partial charge is 0.409 e. The summed E-state index contributed by atoms with van der Waals surface area (Å²) >= 11 is 0. The number of ether oxygens (including phenoxy) is 4. The lowest BCUT2D eigenvalue weighted by Gasteiger charge is -2.32. The van der Waals surface area contributed by atoms with Gasteiger partial charge < -0.3 is 23.8 Å². The standard InChI is InChI=1S/C16H23NO5/c1-3-19-14-7-5-6-8-15(14)22-12-13-11-17(9-10-21-13)16(18)20-4-2/h5-8,13H,3-4,9-12H2,1-2H3/t13-/m0/s1. The van der Waals surface area contributed by atoms with E-state index in [1.807, 2.05) is 31.2 Å². The third-order valence-electron chi connectivity index (χ3n) is 3.24. The quantitative estimate of drug-likeness (QED) is 0.807. The Balaban J connectivity index is 1.87. The number of morpholine rings is 1. The highest BCUT2D eigenvalue weighted by Crippen LogP contribution is 2.26. The summed E-state index contributed by atoms with van der Waals surface area (Å²) in [5.74, 6) is 1.39. The lowest BCUT2D eigenvalue weighted by atomic mass is 10.3. The summed E-state index contributed by atoms with van der Waals surface area (Å²) in [7, 11) is 0. The number of rotatable bonds is 6. The number of hydrogen-bond donors (Lipinski definition) is 0. The van der Waals surface area contributed by atoms with Gasteiger partial charge in [0.25, 0.3) is 0 Å². The van der Waals surface area contributed by atoms with Gasteiger partial charge in [-0.2, -0.15) is 0 Å². The Morgan fingerprint density at radius 3 is 2.64 bits per heavy atom. The van der Waals surface area contributed by atoms with Gasteiger partial charge in [-0.15, -0.1) is 0 Å². The van der Waals surface area contributed by atoms with Crippen LogP contribution in [-0.2, 0) is 9.47 Å². The Kier molecular flexibility index (Phi) is 6.33. The zero-order chi connectivity index (χ0) is 15.8. The summed E-state index contributed by atoms with van der Waals surface area (Å²) in [4.78, 5) is 13.4. The van der Waals surface area contributed by atoms with Crippen LogP contribution in [0.5, 0.6) is 11.5 Å². The summed E-state index contributed by atoms with van der Waals surface area (Å²) in [6, 6.07) is 7.52. The minimum Gasteiger partial charge on any atom is -0.490 e. The monoisotopic (exact) mass is 309 g/mol. The molecule has 22 heavy (non-hydrogen) atoms. The van der Waals surface area contributed by atoms with Gasteiger partial charge in [0.1, 0.15) is 12.7 Å². The molecule has 1 amide bonds. The van der Waals surface area contributed by atoms with Crippen LogP contribution in [0.1, 0.15) is 13.8 Å². The number of nitrogens with zero attached hydrogens (tertiary/aromatic N) is 1. The van der Waals surface area contributed by atoms with Crippen LogP contribution in [0.15, 0.2) is 24.3 Å². The van der Waals surface area contributed by atoms with E-state index in [1.54, 1.807) is 11.8 Å². The van der Waals surface area contributed by atoms with Crippen molar-refractivity contribution >= 4 is 6.09 Å². The van der Waals surface area contributed by atoms with E-state index in [1.165, 1.54) is 0 Å². The van der Waals surface area contributed by atoms with Gasteiger partial charge in [-0.05, 0) is 26.0 Å². The molecule has 0 saturated carbocycles. The molecule has 0 N–H and O–H groups in total. The summed E-state index contributed by atoms with van der Waals surface area (Å²) in [6.07, 6.45) is -0.474. The first-order valence-electron chi connectivity index (χ1n) is 7.62. The first kappa shape index (κ1) is 16.4. The van der Waals surface area contributed by atoms with E-state index < -0.39 is 0 Å². The summed E-state index contributed by atoms with van der Waals surface area (Å²) in [6.45, 7) is 6.54. The zero-order valence-corrected chi connectivity index (χ0v) is 13.1. The molecule has 1 aromatic carbocycles. The minimum absolute atomic E-state index is 0.173. The summed E-state index contributed by atoms with van der Waals surface area (Å²) in [5, 5.41) is 0. The lowest BCUT2D eigenvalue weighted by molar-refractivity contribution is -0.0450. The van der Waals surface area contributed by atoms with Gasteiger partial charge in [0.2, 0.25) is 0 Å². The fourth-order valence-electron chi connectivity index (χ4n) is 2.23. The van der Waals surface area contributed by atoms with Gasteiger partial charge in [0, 0.05) is 6.54 Å². The molecule has 0 unspecified atom stereocenters. The SMILES string of the molecule is CCOC(=O)N1CCO[C@H](COc2ccccc2OCC)C1. The van der Waals surface area contributed by atoms with E-state index >= 15 is 0 Å². The molecular weight excluding hydrogens is 286 g/mol. The molecule has 0 aliphatic carbocycles. The average molecular weight is 309 g/mol. The second-order valence-corrected chi connectivity index (χ2v) is 4.83. The second kappa shape index (κ2) is 8.48. The molecule has 1 aliphatic heterocycles. The maximum absolute atomic E-state index is 11.7. The van der Waals surface area contributed by atoms with Crippen LogP contribution < -0.4 is 9.47 Å². The largest absolute Gasteiger partial charge is 0.490 e. The first-order chi connectivity index (χ1) is 10.7. The van der Waals surface area contributed by atoms with Crippen LogP contribution in [-0.4, -0.2) is 56.6 Å². The molecule has 0 radical (unpaired) electrons. The zero-order valence-electron chi connectivity index (χ0n) is 13.1. The minimum atomic E-state index is -0.300. The number of carbonyl (C=O) groups excluding carboxylic acids is 1. The van der Waals surface area contributed by atoms with Gasteiger partial charge in [-0.1, -0.05) is 12.1 Å². The van der Waals surface area contributed by atoms with Gasteiger partial charge >= 0.3 is 6.09 Å². The average Bonchev–Trinajstić information content (AvgIpc) is 2.55. The lowest BCUT2D eigenvalue weighted by Crippen LogP contribution is -2.47. The van der Waals surface area contributed by atoms with Crippen LogP contribution in [0, 0.1) is 0 Å². The molecule has 6 nitrogen and oxygen atoms in total. The topological polar surface area (TPSA) is 57.2 Å². The van der Waals surface area contributed by atoms with E-state index in [0.717, 1.165) is 0 Å². The van der Waals surface area contributed by atoms with Crippen molar-refractivity contribution in [2.45, 2.75) is 20.0 Å². The third-order valence-corrected chi connectivity index (χ3v) is 3.24. The molecule has 2 rings (SSSR count). The number of amides is 1. The van der Waals surface area contributed by atoms with Crippen molar-refractivity contribution in [3.8, 4) is 11.5 Å². The number of hydrogen-bond acceptors (Lipinski definition) is 5. The summed E-state index contributed by atoms with van der Waals surface area (Å²) in [5.41, 5.74) is 0. The highest BCUT2D eigenvalue weighted by atomic mass is 16.6. The molecule has 1 aromatic rings.